The molecule has 130 valence electrons. The summed E-state index contributed by atoms with van der Waals surface area (Å²) in [4.78, 5) is 40.2. The molecule has 0 saturated heterocycles. The highest BCUT2D eigenvalue weighted by Gasteiger charge is 2.32. The molecule has 0 aliphatic carbocycles. The molecule has 8 heteroatoms. The second kappa shape index (κ2) is 5.99. The highest BCUT2D eigenvalue weighted by Crippen LogP contribution is 2.31. The van der Waals surface area contributed by atoms with Crippen molar-refractivity contribution in [1.82, 2.24) is 9.55 Å². The summed E-state index contributed by atoms with van der Waals surface area (Å²) in [5.74, 6) is -1.47. The molecular formula is C18H14N4O4. The topological polar surface area (TPSA) is 113 Å². The fourth-order valence-electron chi connectivity index (χ4n) is 3.06. The normalized spacial score (nSPS) is 16.0. The maximum Gasteiger partial charge on any atom is 0.335 e. The molecule has 0 spiro atoms. The summed E-state index contributed by atoms with van der Waals surface area (Å²) in [7, 11) is 0. The average Bonchev–Trinajstić information content (AvgIpc) is 2.99. The first kappa shape index (κ1) is 15.8. The Labute approximate surface area is 147 Å². The molecule has 0 radical (unpaired) electrons. The number of aromatic nitrogens is 2. The van der Waals surface area contributed by atoms with E-state index in [0.29, 0.717) is 17.2 Å². The van der Waals surface area contributed by atoms with Crippen molar-refractivity contribution in [2.45, 2.75) is 12.5 Å². The zero-order valence-electron chi connectivity index (χ0n) is 13.5. The van der Waals surface area contributed by atoms with Gasteiger partial charge in [-0.05, 0) is 30.3 Å². The van der Waals surface area contributed by atoms with E-state index in [1.165, 1.54) is 12.1 Å². The maximum absolute atomic E-state index is 12.8. The van der Waals surface area contributed by atoms with E-state index in [1.807, 2.05) is 18.2 Å². The molecular weight excluding hydrogens is 336 g/mol. The number of carbonyl (C=O) groups is 3. The summed E-state index contributed by atoms with van der Waals surface area (Å²) in [5.41, 5.74) is 1.84. The molecule has 26 heavy (non-hydrogen) atoms. The van der Waals surface area contributed by atoms with Crippen LogP contribution in [0.5, 0.6) is 0 Å². The van der Waals surface area contributed by atoms with Crippen LogP contribution in [0.1, 0.15) is 22.8 Å². The van der Waals surface area contributed by atoms with Gasteiger partial charge in [-0.3, -0.25) is 19.5 Å². The molecule has 2 aromatic carbocycles. The third-order valence-electron chi connectivity index (χ3n) is 4.22. The van der Waals surface area contributed by atoms with Gasteiger partial charge in [-0.15, -0.1) is 0 Å². The van der Waals surface area contributed by atoms with E-state index in [9.17, 15) is 14.4 Å². The summed E-state index contributed by atoms with van der Waals surface area (Å²) in [6.07, 6.45) is -0.0300. The monoisotopic (exact) mass is 350 g/mol. The van der Waals surface area contributed by atoms with Crippen LogP contribution in [0.4, 0.5) is 11.6 Å². The van der Waals surface area contributed by atoms with Crippen LogP contribution in [0, 0.1) is 0 Å². The van der Waals surface area contributed by atoms with Crippen LogP contribution in [0.15, 0.2) is 48.5 Å². The lowest BCUT2D eigenvalue weighted by Crippen LogP contribution is -2.35. The predicted octanol–water partition coefficient (Wildman–Crippen LogP) is 2.26. The van der Waals surface area contributed by atoms with Crippen molar-refractivity contribution < 1.29 is 19.5 Å². The number of amides is 2. The minimum atomic E-state index is -1.08. The number of aromatic carboxylic acids is 1. The van der Waals surface area contributed by atoms with Gasteiger partial charge in [-0.2, -0.15) is 0 Å². The second-order valence-corrected chi connectivity index (χ2v) is 5.94. The number of hydrogen-bond acceptors (Lipinski definition) is 4. The molecule has 2 heterocycles. The minimum absolute atomic E-state index is 0.0300. The number of nitrogens with zero attached hydrogens (tertiary/aromatic N) is 2. The maximum atomic E-state index is 12.8. The molecule has 8 nitrogen and oxygen atoms in total. The summed E-state index contributed by atoms with van der Waals surface area (Å²) in [5, 5.41) is 14.4. The first-order valence-electron chi connectivity index (χ1n) is 7.94. The van der Waals surface area contributed by atoms with Gasteiger partial charge < -0.3 is 10.4 Å². The Hall–Kier alpha value is -3.68. The van der Waals surface area contributed by atoms with Gasteiger partial charge in [0.2, 0.25) is 17.8 Å². The lowest BCUT2D eigenvalue weighted by Gasteiger charge is -2.25. The van der Waals surface area contributed by atoms with Gasteiger partial charge in [-0.25, -0.2) is 9.78 Å². The third-order valence-corrected chi connectivity index (χ3v) is 4.22. The van der Waals surface area contributed by atoms with Crippen LogP contribution in [-0.2, 0) is 9.59 Å². The van der Waals surface area contributed by atoms with Gasteiger partial charge in [0.05, 0.1) is 23.0 Å². The Morgan fingerprint density at radius 2 is 2.00 bits per heavy atom. The van der Waals surface area contributed by atoms with Gasteiger partial charge in [0.1, 0.15) is 6.04 Å². The van der Waals surface area contributed by atoms with Gasteiger partial charge in [0.25, 0.3) is 0 Å². The van der Waals surface area contributed by atoms with Crippen molar-refractivity contribution in [2.75, 3.05) is 10.6 Å². The zero-order chi connectivity index (χ0) is 18.3. The number of nitrogens with one attached hydrogen (secondary N) is 2. The fraction of sp³-hybridized carbons (Fsp3) is 0.111. The lowest BCUT2D eigenvalue weighted by molar-refractivity contribution is -0.124. The van der Waals surface area contributed by atoms with Gasteiger partial charge in [0.15, 0.2) is 0 Å². The number of imidazole rings is 1. The van der Waals surface area contributed by atoms with E-state index in [2.05, 4.69) is 15.6 Å². The van der Waals surface area contributed by atoms with Crippen LogP contribution in [0.25, 0.3) is 11.0 Å². The van der Waals surface area contributed by atoms with E-state index in [4.69, 9.17) is 5.11 Å². The van der Waals surface area contributed by atoms with Crippen LogP contribution in [0.3, 0.4) is 0 Å². The van der Waals surface area contributed by atoms with Crippen molar-refractivity contribution in [3.63, 3.8) is 0 Å². The van der Waals surface area contributed by atoms with E-state index in [0.717, 1.165) is 5.52 Å². The van der Waals surface area contributed by atoms with Crippen molar-refractivity contribution >= 4 is 40.5 Å². The summed E-state index contributed by atoms with van der Waals surface area (Å²) >= 11 is 0. The number of anilines is 2. The number of rotatable bonds is 3. The lowest BCUT2D eigenvalue weighted by atomic mass is 10.1. The van der Waals surface area contributed by atoms with Crippen molar-refractivity contribution in [3.8, 4) is 0 Å². The largest absolute Gasteiger partial charge is 0.478 e. The molecule has 1 aliphatic rings. The summed E-state index contributed by atoms with van der Waals surface area (Å²) in [6, 6.07) is 12.5. The number of para-hydroxylation sites is 2. The van der Waals surface area contributed by atoms with Crippen LogP contribution >= 0.6 is 0 Å². The summed E-state index contributed by atoms with van der Waals surface area (Å²) < 4.78 is 1.69. The van der Waals surface area contributed by atoms with Gasteiger partial charge in [0, 0.05) is 5.69 Å². The summed E-state index contributed by atoms with van der Waals surface area (Å²) in [6.45, 7) is 0. The highest BCUT2D eigenvalue weighted by molar-refractivity contribution is 6.03. The Kier molecular flexibility index (Phi) is 3.65. The number of benzene rings is 2. The number of carboxylic acids is 1. The van der Waals surface area contributed by atoms with Gasteiger partial charge >= 0.3 is 5.97 Å². The van der Waals surface area contributed by atoms with Crippen LogP contribution < -0.4 is 10.6 Å². The first-order valence-corrected chi connectivity index (χ1v) is 7.94. The average molecular weight is 350 g/mol. The molecule has 1 aromatic heterocycles. The van der Waals surface area contributed by atoms with E-state index < -0.39 is 17.9 Å². The Bertz CT molecular complexity index is 1060. The molecule has 0 bridgehead atoms. The highest BCUT2D eigenvalue weighted by atomic mass is 16.4. The first-order chi connectivity index (χ1) is 12.5. The van der Waals surface area contributed by atoms with E-state index >= 15 is 0 Å². The molecule has 2 amide bonds. The molecule has 3 N–H and O–H groups in total. The number of fused-ring (bicyclic) bond motifs is 3. The van der Waals surface area contributed by atoms with Crippen molar-refractivity contribution in [1.29, 1.82) is 0 Å². The predicted molar refractivity (Wildman–Crippen MR) is 94.0 cm³/mol. The smallest absolute Gasteiger partial charge is 0.335 e. The van der Waals surface area contributed by atoms with Gasteiger partial charge in [-0.1, -0.05) is 18.2 Å². The van der Waals surface area contributed by atoms with Crippen LogP contribution in [-0.4, -0.2) is 32.4 Å². The zero-order valence-corrected chi connectivity index (χ0v) is 13.5. The van der Waals surface area contributed by atoms with E-state index in [1.54, 1.807) is 22.8 Å². The molecule has 1 aliphatic heterocycles. The van der Waals surface area contributed by atoms with Crippen LogP contribution in [0.2, 0.25) is 0 Å². The molecule has 1 unspecified atom stereocenters. The number of carbonyl (C=O) groups excluding carboxylic acids is 2. The molecule has 0 fully saturated rings. The Balaban J connectivity index is 1.70. The van der Waals surface area contributed by atoms with E-state index in [-0.39, 0.29) is 17.9 Å². The molecule has 4 rings (SSSR count). The minimum Gasteiger partial charge on any atom is -0.478 e. The van der Waals surface area contributed by atoms with Crippen molar-refractivity contribution in [3.05, 3.63) is 54.1 Å². The fourth-order valence-corrected chi connectivity index (χ4v) is 3.06. The van der Waals surface area contributed by atoms with Crippen molar-refractivity contribution in [2.24, 2.45) is 0 Å². The quantitative estimate of drug-likeness (QED) is 0.670. The molecule has 3 aromatic rings. The molecule has 0 saturated carbocycles. The number of carboxylic acid groups (broad SMARTS) is 1. The Morgan fingerprint density at radius 3 is 2.81 bits per heavy atom. The second-order valence-electron chi connectivity index (χ2n) is 5.94. The SMILES string of the molecule is O=C1CC(C(=O)Nc2cccc(C(=O)O)c2)n2c(nc3ccccc32)N1. The standard InChI is InChI=1S/C18H14N4O4/c23-15-9-14(16(24)19-11-5-3-4-10(8-11)17(25)26)22-13-7-2-1-6-12(13)20-18(22)21-15/h1-8,14H,9H2,(H,19,24)(H,25,26)(H,20,21,23). The Morgan fingerprint density at radius 1 is 1.19 bits per heavy atom. The third kappa shape index (κ3) is 2.67. The number of hydrogen-bond donors (Lipinski definition) is 3. The molecule has 1 atom stereocenters.